The molecule has 621 valence electrons. The molecule has 54 nitrogen and oxygen atoms in total. The SMILES string of the molecule is O=c1c(OS(=O)(=O)[O-])c(-c2ccc(OS(=O)(=O)O)c(OS(=O)(=O)[O-])c2)oc2cc(OS(=O)(=O)O)cc(OCCOc3cc(-c4oc5cc(OS(=O)(=O)[O-])cc(OCCOc6cc(OS(=O)(=O)[O-])cc7oc(-c8ccc(OS(=O)(=O)[O-])c(OS(=O)(=O)[O-])c8)c(OS(=O)(=O)[O-])c(=O)c67)c5c(=O)c4OS(=O)(=O)[O-])ccc3OS(=O)(=O)[O-])c12.[Na+].[Na+].[Na+].[Na+].[Na+].[Na+].[Na+].[Na+].[Na+].[Na+].[Na]. The molecule has 9 aromatic rings. The number of ether oxygens (including phenoxy) is 4. The van der Waals surface area contributed by atoms with E-state index >= 15 is 0 Å². The van der Waals surface area contributed by atoms with E-state index in [0.29, 0.717) is 78.9 Å². The third-order valence-electron chi connectivity index (χ3n) is 12.6. The summed E-state index contributed by atoms with van der Waals surface area (Å²) >= 11 is 0. The predicted octanol–water partition coefficient (Wildman–Crippen LogP) is -32.5. The van der Waals surface area contributed by atoms with Crippen LogP contribution in [0.1, 0.15) is 0 Å². The van der Waals surface area contributed by atoms with Crippen LogP contribution in [0.15, 0.2) is 119 Å². The molecule has 125 heavy (non-hydrogen) atoms. The van der Waals surface area contributed by atoms with Crippen molar-refractivity contribution in [3.63, 3.8) is 0 Å². The molecule has 0 bridgehead atoms. The Morgan fingerprint density at radius 1 is 0.248 bits per heavy atom. The Morgan fingerprint density at radius 3 is 0.696 bits per heavy atom. The smallest absolute Gasteiger partial charge is 0.716 e. The second kappa shape index (κ2) is 50.3. The summed E-state index contributed by atoms with van der Waals surface area (Å²) in [6, 6.07) is 5.53. The zero-order chi connectivity index (χ0) is 85.0. The molecule has 0 aliphatic rings. The Balaban J connectivity index is -0.0000135. The summed E-state index contributed by atoms with van der Waals surface area (Å²) in [6.07, 6.45) is 0. The van der Waals surface area contributed by atoms with Crippen molar-refractivity contribution < 1.29 is 516 Å². The van der Waals surface area contributed by atoms with E-state index in [1.807, 2.05) is 0 Å². The first-order valence-corrected chi connectivity index (χ1v) is 42.3. The molecule has 0 atom stereocenters. The summed E-state index contributed by atoms with van der Waals surface area (Å²) in [4.78, 5) is 43.1. The van der Waals surface area contributed by atoms with Crippen molar-refractivity contribution in [1.29, 1.82) is 0 Å². The minimum atomic E-state index is -6.29. The number of benzene rings is 6. The Labute approximate surface area is 945 Å². The van der Waals surface area contributed by atoms with Crippen LogP contribution in [0.5, 0.6) is 86.2 Å². The third kappa shape index (κ3) is 39.5. The van der Waals surface area contributed by atoms with Gasteiger partial charge in [0.1, 0.15) is 88.1 Å². The molecule has 3 heterocycles. The molecule has 0 amide bonds. The monoisotopic (exact) mass is 2080 g/mol. The van der Waals surface area contributed by atoms with Crippen molar-refractivity contribution >= 4 is 177 Å². The molecule has 0 unspecified atom stereocenters. The molecule has 0 fully saturated rings. The Morgan fingerprint density at radius 2 is 0.456 bits per heavy atom. The van der Waals surface area contributed by atoms with Crippen LogP contribution in [-0.2, 0) is 114 Å². The fourth-order valence-electron chi connectivity index (χ4n) is 9.23. The number of fused-ring (bicyclic) bond motifs is 3. The first kappa shape index (κ1) is 129. The van der Waals surface area contributed by atoms with Gasteiger partial charge in [-0.3, -0.25) is 23.5 Å². The second-order valence-corrected chi connectivity index (χ2v) is 31.4. The Bertz CT molecular complexity index is 7090. The molecule has 0 aliphatic heterocycles. The topological polar surface area (TPSA) is 853 Å². The molecule has 0 spiro atoms. The normalized spacial score (nSPS) is 11.7. The van der Waals surface area contributed by atoms with Gasteiger partial charge in [0.25, 0.3) is 93.6 Å². The summed E-state index contributed by atoms with van der Waals surface area (Å²) in [7, 11) is -65.6. The second-order valence-electron chi connectivity index (χ2n) is 20.5. The largest absolute Gasteiger partial charge is 1.00 e. The van der Waals surface area contributed by atoms with Crippen LogP contribution in [0, 0.1) is 0 Å². The first-order valence-electron chi connectivity index (χ1n) is 27.6. The maximum Gasteiger partial charge on any atom is 1.00 e. The van der Waals surface area contributed by atoms with Gasteiger partial charge in [-0.15, -0.1) is 0 Å². The van der Waals surface area contributed by atoms with Crippen LogP contribution in [0.4, 0.5) is 0 Å². The third-order valence-corrected chi connectivity index (χ3v) is 16.8. The van der Waals surface area contributed by atoms with Gasteiger partial charge in [0, 0.05) is 82.6 Å². The van der Waals surface area contributed by atoms with E-state index in [-0.39, 0.29) is 337 Å². The molecule has 3 aromatic heterocycles. The molecule has 1 radical (unpaired) electrons. The van der Waals surface area contributed by atoms with Gasteiger partial charge in [-0.05, 0) is 54.6 Å². The van der Waals surface area contributed by atoms with Crippen molar-refractivity contribution in [3.8, 4) is 120 Å². The van der Waals surface area contributed by atoms with E-state index in [4.69, 9.17) is 32.2 Å². The van der Waals surface area contributed by atoms with E-state index in [9.17, 15) is 157 Å². The Hall–Kier alpha value is -0.0400. The zero-order valence-corrected chi connectivity index (χ0v) is 95.1. The average molecular weight is 2080 g/mol. The Kier molecular flexibility index (Phi) is 52.0. The quantitative estimate of drug-likeness (QED) is 0.0161. The fourth-order valence-corrected chi connectivity index (χ4v) is 13.1. The molecule has 2 N–H and O–H groups in total. The number of hydrogen-bond acceptors (Lipinski definition) is 52. The molecular weight excluding hydrogens is 2060 g/mol. The van der Waals surface area contributed by atoms with Crippen molar-refractivity contribution in [2.24, 2.45) is 0 Å². The van der Waals surface area contributed by atoms with Crippen molar-refractivity contribution in [2.75, 3.05) is 26.4 Å². The van der Waals surface area contributed by atoms with Crippen LogP contribution in [0.3, 0.4) is 0 Å². The van der Waals surface area contributed by atoms with Gasteiger partial charge in [0.15, 0.2) is 57.5 Å². The molecule has 76 heteroatoms. The van der Waals surface area contributed by atoms with Gasteiger partial charge in [-0.2, -0.15) is 16.8 Å². The van der Waals surface area contributed by atoms with Crippen LogP contribution < -0.4 is 377 Å². The van der Waals surface area contributed by atoms with Crippen LogP contribution in [0.2, 0.25) is 0 Å². The average Bonchev–Trinajstić information content (AvgIpc) is 0.758. The van der Waals surface area contributed by atoms with Crippen molar-refractivity contribution in [1.82, 2.24) is 0 Å². The van der Waals surface area contributed by atoms with Crippen LogP contribution >= 0.6 is 0 Å². The minimum Gasteiger partial charge on any atom is -0.716 e. The summed E-state index contributed by atoms with van der Waals surface area (Å²) in [6.45, 7) is -4.83. The molecular formula is C49H25Na11O54S11+. The minimum absolute atomic E-state index is 0. The van der Waals surface area contributed by atoms with Crippen LogP contribution in [-0.4, -0.2) is 199 Å². The summed E-state index contributed by atoms with van der Waals surface area (Å²) in [5.41, 5.74) is -12.0. The maximum absolute atomic E-state index is 14.6. The molecule has 9 rings (SSSR count). The van der Waals surface area contributed by atoms with Gasteiger partial charge in [-0.25, -0.2) is 75.8 Å². The van der Waals surface area contributed by atoms with E-state index in [2.05, 4.69) is 46.0 Å². The van der Waals surface area contributed by atoms with E-state index in [0.717, 1.165) is 0 Å². The summed E-state index contributed by atoms with van der Waals surface area (Å²) < 4.78 is 471. The van der Waals surface area contributed by atoms with E-state index < -0.39 is 310 Å². The van der Waals surface area contributed by atoms with Crippen LogP contribution in [0.25, 0.3) is 66.9 Å². The fraction of sp³-hybridized carbons (Fsp3) is 0.0816. The van der Waals surface area contributed by atoms with E-state index in [1.165, 1.54) is 0 Å². The molecule has 0 saturated carbocycles. The zero-order valence-electron chi connectivity index (χ0n) is 64.1. The molecule has 0 saturated heterocycles. The predicted molar refractivity (Wildman–Crippen MR) is 349 cm³/mol. The number of rotatable bonds is 35. The number of hydrogen-bond donors (Lipinski definition) is 2. The van der Waals surface area contributed by atoms with Gasteiger partial charge in [-0.1, -0.05) is 0 Å². The maximum atomic E-state index is 14.6. The van der Waals surface area contributed by atoms with Gasteiger partial charge in [0.05, 0.1) is 0 Å². The van der Waals surface area contributed by atoms with Gasteiger partial charge in [0.2, 0.25) is 33.5 Å². The summed E-state index contributed by atoms with van der Waals surface area (Å²) in [5.74, 6) is -24.7. The first-order chi connectivity index (χ1) is 52.0. The van der Waals surface area contributed by atoms with E-state index in [1.54, 1.807) is 0 Å². The van der Waals surface area contributed by atoms with Crippen molar-refractivity contribution in [2.45, 2.75) is 0 Å². The standard InChI is InChI=1S/C49H34O54S11.11Na/c50-41-39-33(88-9-10-89-34-16-25(95-106(59,60)61)19-37-40(34)43(52)49(103-114(83,84)85)46(92-37)22-3-6-28(98-109(68,69)70)31(13-22)100-111(74,75)76)15-24(94-105(56,57)58)17-35(39)90-44(47(41)101-112(77,78)79)20-1-4-26(96-107(62,63)64)29(11-20)86-7-8-87-32-14-23(93-104(53,54)55)18-36-38(32)42(51)48(102-113(80,81)82)45(91-36)21-2-5-27(97-108(65,66)67)30(12-21)99-110(71,72)73;;;;;;;;;;;/h1-6,11-19H,7-10H2,(H,53,54,55)(H,56,57,58)(H,59,60,61)(H,62,63,64)(H,65,66,67)(H,68,69,70)(H,71,72,73)(H,74,75,76)(H,77,78,79)(H,80,81,82)(H,83,84,85);;;;;;;;;;;/q;;10*+1/p-9. The van der Waals surface area contributed by atoms with Crippen molar-refractivity contribution in [3.05, 3.63) is 122 Å². The van der Waals surface area contributed by atoms with Gasteiger partial charge >= 0.3 is 316 Å². The van der Waals surface area contributed by atoms with Gasteiger partial charge < -0.3 is 119 Å². The summed E-state index contributed by atoms with van der Waals surface area (Å²) in [5, 5.41) is -3.56. The molecule has 0 aliphatic carbocycles. The molecule has 6 aromatic carbocycles.